The van der Waals surface area contributed by atoms with E-state index < -0.39 is 223 Å². The molecule has 6 saturated heterocycles. The van der Waals surface area contributed by atoms with E-state index in [9.17, 15) is 91.6 Å². The molecule has 0 aromatic carbocycles. The van der Waals surface area contributed by atoms with Gasteiger partial charge in [0.05, 0.1) is 45.7 Å². The quantitative estimate of drug-likeness (QED) is 0.0534. The maximum absolute atomic E-state index is 12.8. The first-order valence-corrected chi connectivity index (χ1v) is 23.1. The first-order valence-electron chi connectivity index (χ1n) is 23.1. The van der Waals surface area contributed by atoms with Gasteiger partial charge in [0.1, 0.15) is 140 Å². The van der Waals surface area contributed by atoms with Gasteiger partial charge in [-0.3, -0.25) is 4.79 Å². The third-order valence-electron chi connectivity index (χ3n) is 13.2. The first kappa shape index (κ1) is 59.3. The van der Waals surface area contributed by atoms with Gasteiger partial charge in [-0.25, -0.2) is 0 Å². The fraction of sp³-hybridized carbons (Fsp3) is 0.927. The minimum atomic E-state index is -2.21. The van der Waals surface area contributed by atoms with E-state index in [1.807, 2.05) is 0 Å². The Labute approximate surface area is 409 Å². The molecule has 18 N–H and O–H groups in total. The topological polar surface area (TPSA) is 484 Å². The van der Waals surface area contributed by atoms with Crippen LogP contribution < -0.4 is 5.32 Å². The van der Waals surface area contributed by atoms with E-state index in [0.29, 0.717) is 0 Å². The summed E-state index contributed by atoms with van der Waals surface area (Å²) in [5, 5.41) is 186. The van der Waals surface area contributed by atoms with Crippen LogP contribution in [0.3, 0.4) is 0 Å². The minimum absolute atomic E-state index is 0.111. The predicted octanol–water partition coefficient (Wildman–Crippen LogP) is -11.7. The van der Waals surface area contributed by atoms with Crippen molar-refractivity contribution >= 4 is 5.91 Å². The fourth-order valence-electron chi connectivity index (χ4n) is 9.13. The van der Waals surface area contributed by atoms with Gasteiger partial charge in [0.25, 0.3) is 0 Å². The SMILES string of the molecule is C=CCO[C@@H]1OC(CO)[C@@H](O[C@@H]2OC(CO)[C@H](O[C@H]3OC(CO)[C@H](O)C(O[C@@H]4OC(CO)[C@H](O)C(O[C@@H]5OC(CO)[C@H](O)C(O)C5O[C@@H]5OC(C)[C@H](O)C(O)C5O)C4NC(C)=O)C3O)C(O)C2O)C(O)C1O. The number of amides is 1. The lowest BCUT2D eigenvalue weighted by Crippen LogP contribution is -2.70. The van der Waals surface area contributed by atoms with Crippen LogP contribution in [-0.2, 0) is 61.6 Å². The molecule has 31 nitrogen and oxygen atoms in total. The molecule has 31 heteroatoms. The highest BCUT2D eigenvalue weighted by Gasteiger charge is 2.58. The van der Waals surface area contributed by atoms with Gasteiger partial charge in [-0.05, 0) is 6.92 Å². The third kappa shape index (κ3) is 12.6. The molecule has 18 unspecified atom stereocenters. The van der Waals surface area contributed by atoms with Crippen molar-refractivity contribution < 1.29 is 148 Å². The van der Waals surface area contributed by atoms with Crippen LogP contribution >= 0.6 is 0 Å². The summed E-state index contributed by atoms with van der Waals surface area (Å²) in [6.07, 6.45) is -51.9. The highest BCUT2D eigenvalue weighted by molar-refractivity contribution is 5.73. The second-order valence-electron chi connectivity index (χ2n) is 18.1. The maximum Gasteiger partial charge on any atom is 0.217 e. The van der Waals surface area contributed by atoms with E-state index in [-0.39, 0.29) is 6.61 Å². The Balaban J connectivity index is 1.22. The molecule has 0 bridgehead atoms. The fourth-order valence-corrected chi connectivity index (χ4v) is 9.13. The first-order chi connectivity index (χ1) is 34.2. The van der Waals surface area contributed by atoms with E-state index in [0.717, 1.165) is 6.92 Å². The molecule has 1 amide bonds. The second-order valence-corrected chi connectivity index (χ2v) is 18.1. The Morgan fingerprint density at radius 1 is 0.431 bits per heavy atom. The zero-order chi connectivity index (χ0) is 53.0. The monoisotopic (exact) mass is 1060 g/mol. The summed E-state index contributed by atoms with van der Waals surface area (Å²) in [7, 11) is 0. The summed E-state index contributed by atoms with van der Waals surface area (Å²) in [6.45, 7) is 0.912. The van der Waals surface area contributed by atoms with Crippen molar-refractivity contribution in [2.75, 3.05) is 39.6 Å². The van der Waals surface area contributed by atoms with Crippen molar-refractivity contribution in [3.8, 4) is 0 Å². The van der Waals surface area contributed by atoms with Crippen LogP contribution in [0.15, 0.2) is 12.7 Å². The molecule has 0 saturated carbocycles. The third-order valence-corrected chi connectivity index (χ3v) is 13.2. The van der Waals surface area contributed by atoms with Crippen LogP contribution in [-0.4, -0.2) is 317 Å². The van der Waals surface area contributed by atoms with E-state index in [2.05, 4.69) is 11.9 Å². The zero-order valence-corrected chi connectivity index (χ0v) is 38.8. The number of rotatable bonds is 19. The van der Waals surface area contributed by atoms with Gasteiger partial charge in [0.2, 0.25) is 5.91 Å². The van der Waals surface area contributed by atoms with Gasteiger partial charge in [-0.2, -0.15) is 0 Å². The van der Waals surface area contributed by atoms with Gasteiger partial charge in [0.15, 0.2) is 37.7 Å². The van der Waals surface area contributed by atoms with Crippen LogP contribution in [0.1, 0.15) is 13.8 Å². The Morgan fingerprint density at radius 2 is 0.819 bits per heavy atom. The van der Waals surface area contributed by atoms with Crippen LogP contribution in [0.25, 0.3) is 0 Å². The molecule has 6 fully saturated rings. The molecular formula is C41H69NO30. The summed E-state index contributed by atoms with van der Waals surface area (Å²) in [5.74, 6) is -0.859. The average molecular weight is 1060 g/mol. The van der Waals surface area contributed by atoms with E-state index in [1.165, 1.54) is 13.0 Å². The lowest BCUT2D eigenvalue weighted by molar-refractivity contribution is -0.393. The number of carbonyl (C=O) groups excluding carboxylic acids is 1. The van der Waals surface area contributed by atoms with Crippen molar-refractivity contribution in [3.63, 3.8) is 0 Å². The highest BCUT2D eigenvalue weighted by Crippen LogP contribution is 2.37. The molecule has 418 valence electrons. The molecule has 30 atom stereocenters. The minimum Gasteiger partial charge on any atom is -0.394 e. The molecule has 6 aliphatic heterocycles. The predicted molar refractivity (Wildman–Crippen MR) is 223 cm³/mol. The van der Waals surface area contributed by atoms with Crippen LogP contribution in [0, 0.1) is 0 Å². The van der Waals surface area contributed by atoms with Gasteiger partial charge in [-0.15, -0.1) is 6.58 Å². The number of hydrogen-bond donors (Lipinski definition) is 18. The lowest BCUT2D eigenvalue weighted by Gasteiger charge is -2.51. The Morgan fingerprint density at radius 3 is 1.36 bits per heavy atom. The number of ether oxygens (including phenoxy) is 12. The normalized spacial score (nSPS) is 50.3. The largest absolute Gasteiger partial charge is 0.394 e. The second kappa shape index (κ2) is 25.9. The molecule has 6 heterocycles. The van der Waals surface area contributed by atoms with Crippen LogP contribution in [0.4, 0.5) is 0 Å². The molecule has 0 spiro atoms. The highest BCUT2D eigenvalue weighted by atomic mass is 16.8. The van der Waals surface area contributed by atoms with Gasteiger partial charge in [0, 0.05) is 6.92 Å². The van der Waals surface area contributed by atoms with Crippen LogP contribution in [0.2, 0.25) is 0 Å². The molecule has 0 aliphatic carbocycles. The summed E-state index contributed by atoms with van der Waals surface area (Å²) in [4.78, 5) is 12.8. The molecule has 0 aromatic heterocycles. The molecular weight excluding hydrogens is 986 g/mol. The van der Waals surface area contributed by atoms with Gasteiger partial charge in [-0.1, -0.05) is 6.08 Å². The zero-order valence-electron chi connectivity index (χ0n) is 38.8. The van der Waals surface area contributed by atoms with E-state index >= 15 is 0 Å². The van der Waals surface area contributed by atoms with Gasteiger partial charge < -0.3 is 149 Å². The van der Waals surface area contributed by atoms with E-state index in [4.69, 9.17) is 56.8 Å². The number of hydrogen-bond acceptors (Lipinski definition) is 30. The Kier molecular flexibility index (Phi) is 21.4. The molecule has 6 rings (SSSR count). The van der Waals surface area contributed by atoms with Gasteiger partial charge >= 0.3 is 0 Å². The smallest absolute Gasteiger partial charge is 0.217 e. The Hall–Kier alpha value is -1.95. The maximum atomic E-state index is 12.8. The average Bonchev–Trinajstić information content (AvgIpc) is 3.36. The van der Waals surface area contributed by atoms with Crippen LogP contribution in [0.5, 0.6) is 0 Å². The van der Waals surface area contributed by atoms with E-state index in [1.54, 1.807) is 0 Å². The molecule has 0 aromatic rings. The number of aliphatic hydroxyl groups excluding tert-OH is 17. The lowest BCUT2D eigenvalue weighted by atomic mass is 9.94. The van der Waals surface area contributed by atoms with Crippen molar-refractivity contribution in [2.24, 2.45) is 0 Å². The standard InChI is InChI=1S/C41H69NO30/c1-4-5-61-37-28(58)25(55)31(16(9-46)66-37)68-39-29(59)26(56)32(17(10-47)67-39)69-40-30(60)34(22(52)15(8-45)64-40)71-36-18(42-12(3)48)33(21(51)14(7-44)63-36)70-41-35(24(54)20(50)13(6-43)65-41)72-38-27(57)23(53)19(49)11(2)62-38/h4,11,13-41,43-47,49-60H,1,5-10H2,2-3H3,(H,42,48)/t11?,13?,14?,15?,16?,17?,18?,19-,20-,21-,22-,23?,24?,25?,26?,27?,28?,29?,30?,31+,32-,33?,34?,35?,36-,37+,38-,39-,40+,41-/m0/s1. The molecule has 72 heavy (non-hydrogen) atoms. The molecule has 0 radical (unpaired) electrons. The number of nitrogens with one attached hydrogen (secondary N) is 1. The van der Waals surface area contributed by atoms with Crippen molar-refractivity contribution in [3.05, 3.63) is 12.7 Å². The summed E-state index contributed by atoms with van der Waals surface area (Å²) < 4.78 is 68.5. The van der Waals surface area contributed by atoms with Crippen molar-refractivity contribution in [2.45, 2.75) is 198 Å². The number of carbonyl (C=O) groups is 1. The summed E-state index contributed by atoms with van der Waals surface area (Å²) in [5.41, 5.74) is 0. The van der Waals surface area contributed by atoms with Crippen molar-refractivity contribution in [1.82, 2.24) is 5.32 Å². The van der Waals surface area contributed by atoms with Crippen molar-refractivity contribution in [1.29, 1.82) is 0 Å². The summed E-state index contributed by atoms with van der Waals surface area (Å²) >= 11 is 0. The summed E-state index contributed by atoms with van der Waals surface area (Å²) in [6, 6.07) is -1.78. The molecule has 6 aliphatic rings. The Bertz CT molecular complexity index is 1690. The number of aliphatic hydroxyl groups is 17.